The zero-order valence-corrected chi connectivity index (χ0v) is 12.0. The van der Waals surface area contributed by atoms with E-state index in [1.54, 1.807) is 0 Å². The minimum Gasteiger partial charge on any atom is -0.307 e. The van der Waals surface area contributed by atoms with Crippen molar-refractivity contribution in [2.24, 2.45) is 11.8 Å². The van der Waals surface area contributed by atoms with Crippen LogP contribution in [0.5, 0.6) is 0 Å². The van der Waals surface area contributed by atoms with Gasteiger partial charge in [-0.25, -0.2) is 0 Å². The van der Waals surface area contributed by atoms with E-state index >= 15 is 0 Å². The summed E-state index contributed by atoms with van der Waals surface area (Å²) in [5.74, 6) is 1.69. The van der Waals surface area contributed by atoms with Crippen LogP contribution in [0.3, 0.4) is 0 Å². The molecular formula is C17H27N. The molecule has 1 aromatic carbocycles. The van der Waals surface area contributed by atoms with E-state index in [-0.39, 0.29) is 0 Å². The van der Waals surface area contributed by atoms with Crippen LogP contribution in [-0.4, -0.2) is 6.04 Å². The molecule has 0 amide bonds. The van der Waals surface area contributed by atoms with Gasteiger partial charge in [-0.3, -0.25) is 0 Å². The van der Waals surface area contributed by atoms with Crippen LogP contribution < -0.4 is 5.32 Å². The van der Waals surface area contributed by atoms with Gasteiger partial charge in [0, 0.05) is 12.1 Å². The summed E-state index contributed by atoms with van der Waals surface area (Å²) in [4.78, 5) is 0. The summed E-state index contributed by atoms with van der Waals surface area (Å²) < 4.78 is 0. The summed E-state index contributed by atoms with van der Waals surface area (Å²) in [6, 6.07) is 12.2. The van der Waals surface area contributed by atoms with E-state index in [4.69, 9.17) is 0 Å². The highest BCUT2D eigenvalue weighted by atomic mass is 15.0. The molecule has 3 unspecified atom stereocenters. The molecule has 18 heavy (non-hydrogen) atoms. The Bertz CT molecular complexity index is 342. The lowest BCUT2D eigenvalue weighted by molar-refractivity contribution is 0.357. The predicted molar refractivity (Wildman–Crippen MR) is 78.6 cm³/mol. The van der Waals surface area contributed by atoms with E-state index in [1.807, 2.05) is 0 Å². The molecule has 1 nitrogen and oxygen atoms in total. The first-order valence-electron chi connectivity index (χ1n) is 7.51. The van der Waals surface area contributed by atoms with E-state index in [9.17, 15) is 0 Å². The van der Waals surface area contributed by atoms with Gasteiger partial charge < -0.3 is 5.32 Å². The first-order chi connectivity index (χ1) is 8.70. The highest BCUT2D eigenvalue weighted by Crippen LogP contribution is 2.41. The molecular weight excluding hydrogens is 218 g/mol. The fraction of sp³-hybridized carbons (Fsp3) is 0.647. The van der Waals surface area contributed by atoms with E-state index in [0.717, 1.165) is 11.8 Å². The van der Waals surface area contributed by atoms with Crippen LogP contribution in [0.25, 0.3) is 0 Å². The van der Waals surface area contributed by atoms with E-state index < -0.39 is 0 Å². The monoisotopic (exact) mass is 245 g/mol. The Kier molecular flexibility index (Phi) is 4.82. The van der Waals surface area contributed by atoms with Gasteiger partial charge in [0.15, 0.2) is 0 Å². The molecule has 100 valence electrons. The van der Waals surface area contributed by atoms with Crippen LogP contribution >= 0.6 is 0 Å². The smallest absolute Gasteiger partial charge is 0.0350 e. The molecule has 0 aromatic heterocycles. The summed E-state index contributed by atoms with van der Waals surface area (Å²) in [6.45, 7) is 6.98. The van der Waals surface area contributed by atoms with E-state index in [2.05, 4.69) is 56.4 Å². The second-order valence-corrected chi connectivity index (χ2v) is 6.04. The van der Waals surface area contributed by atoms with Gasteiger partial charge in [0.05, 0.1) is 0 Å². The minimum atomic E-state index is 0.574. The standard InChI is InChI=1S/C17H27N/c1-4-13(2)12-14(3)18-17(16-10-11-16)15-8-6-5-7-9-15/h5-9,13-14,16-18H,4,10-12H2,1-3H3. The van der Waals surface area contributed by atoms with Crippen LogP contribution in [0.2, 0.25) is 0 Å². The zero-order chi connectivity index (χ0) is 13.0. The summed E-state index contributed by atoms with van der Waals surface area (Å²) in [6.07, 6.45) is 5.35. The Morgan fingerprint density at radius 3 is 2.39 bits per heavy atom. The average molecular weight is 245 g/mol. The minimum absolute atomic E-state index is 0.574. The van der Waals surface area contributed by atoms with Gasteiger partial charge in [-0.2, -0.15) is 0 Å². The fourth-order valence-corrected chi connectivity index (χ4v) is 2.74. The SMILES string of the molecule is CCC(C)CC(C)NC(c1ccccc1)C1CC1. The third kappa shape index (κ3) is 3.84. The van der Waals surface area contributed by atoms with Crippen molar-refractivity contribution in [1.82, 2.24) is 5.32 Å². The van der Waals surface area contributed by atoms with Crippen LogP contribution in [-0.2, 0) is 0 Å². The molecule has 0 spiro atoms. The quantitative estimate of drug-likeness (QED) is 0.743. The number of nitrogens with one attached hydrogen (secondary N) is 1. The molecule has 1 aromatic rings. The number of hydrogen-bond donors (Lipinski definition) is 1. The molecule has 1 aliphatic carbocycles. The highest BCUT2D eigenvalue weighted by Gasteiger charge is 2.32. The van der Waals surface area contributed by atoms with Crippen molar-refractivity contribution in [3.05, 3.63) is 35.9 Å². The van der Waals surface area contributed by atoms with Crippen molar-refractivity contribution in [2.45, 2.75) is 58.5 Å². The van der Waals surface area contributed by atoms with E-state index in [1.165, 1.54) is 31.2 Å². The van der Waals surface area contributed by atoms with Crippen molar-refractivity contribution in [2.75, 3.05) is 0 Å². The summed E-state index contributed by atoms with van der Waals surface area (Å²) in [5.41, 5.74) is 1.47. The van der Waals surface area contributed by atoms with Crippen molar-refractivity contribution in [3.63, 3.8) is 0 Å². The lowest BCUT2D eigenvalue weighted by Gasteiger charge is -2.25. The molecule has 0 aliphatic heterocycles. The molecule has 0 heterocycles. The second-order valence-electron chi connectivity index (χ2n) is 6.04. The molecule has 3 atom stereocenters. The highest BCUT2D eigenvalue weighted by molar-refractivity contribution is 5.21. The van der Waals surface area contributed by atoms with Gasteiger partial charge >= 0.3 is 0 Å². The first-order valence-corrected chi connectivity index (χ1v) is 7.51. The lowest BCUT2D eigenvalue weighted by atomic mass is 9.97. The Hall–Kier alpha value is -0.820. The lowest BCUT2D eigenvalue weighted by Crippen LogP contribution is -2.33. The third-order valence-corrected chi connectivity index (χ3v) is 4.17. The number of hydrogen-bond acceptors (Lipinski definition) is 1. The topological polar surface area (TPSA) is 12.0 Å². The molecule has 1 saturated carbocycles. The van der Waals surface area contributed by atoms with Crippen LogP contribution in [0, 0.1) is 11.8 Å². The molecule has 0 bridgehead atoms. The summed E-state index contributed by atoms with van der Waals surface area (Å²) in [7, 11) is 0. The van der Waals surface area contributed by atoms with Gasteiger partial charge in [0.1, 0.15) is 0 Å². The average Bonchev–Trinajstić information content (AvgIpc) is 3.21. The van der Waals surface area contributed by atoms with Crippen molar-refractivity contribution < 1.29 is 0 Å². The molecule has 2 rings (SSSR count). The Morgan fingerprint density at radius 2 is 1.83 bits per heavy atom. The Balaban J connectivity index is 1.95. The summed E-state index contributed by atoms with van der Waals surface area (Å²) >= 11 is 0. The first kappa shape index (κ1) is 13.6. The normalized spacial score (nSPS) is 20.4. The number of rotatable bonds is 7. The molecule has 1 fully saturated rings. The maximum absolute atomic E-state index is 3.86. The summed E-state index contributed by atoms with van der Waals surface area (Å²) in [5, 5.41) is 3.86. The predicted octanol–water partition coefficient (Wildman–Crippen LogP) is 4.55. The van der Waals surface area contributed by atoms with Crippen molar-refractivity contribution in [1.29, 1.82) is 0 Å². The van der Waals surface area contributed by atoms with Crippen LogP contribution in [0.4, 0.5) is 0 Å². The van der Waals surface area contributed by atoms with Gasteiger partial charge in [0.25, 0.3) is 0 Å². The zero-order valence-electron chi connectivity index (χ0n) is 12.0. The maximum atomic E-state index is 3.86. The number of benzene rings is 1. The molecule has 0 saturated heterocycles. The Labute approximate surface area is 112 Å². The molecule has 1 N–H and O–H groups in total. The van der Waals surface area contributed by atoms with Crippen molar-refractivity contribution in [3.8, 4) is 0 Å². The Morgan fingerprint density at radius 1 is 1.17 bits per heavy atom. The maximum Gasteiger partial charge on any atom is 0.0350 e. The van der Waals surface area contributed by atoms with Gasteiger partial charge in [-0.15, -0.1) is 0 Å². The largest absolute Gasteiger partial charge is 0.307 e. The molecule has 0 radical (unpaired) electrons. The third-order valence-electron chi connectivity index (χ3n) is 4.17. The second kappa shape index (κ2) is 6.38. The molecule has 1 heteroatoms. The van der Waals surface area contributed by atoms with Crippen molar-refractivity contribution >= 4 is 0 Å². The molecule has 1 aliphatic rings. The van der Waals surface area contributed by atoms with Gasteiger partial charge in [-0.05, 0) is 43.6 Å². The van der Waals surface area contributed by atoms with Crippen LogP contribution in [0.15, 0.2) is 30.3 Å². The van der Waals surface area contributed by atoms with Gasteiger partial charge in [-0.1, -0.05) is 50.6 Å². The van der Waals surface area contributed by atoms with Crippen LogP contribution in [0.1, 0.15) is 58.1 Å². The fourth-order valence-electron chi connectivity index (χ4n) is 2.74. The van der Waals surface area contributed by atoms with E-state index in [0.29, 0.717) is 12.1 Å². The van der Waals surface area contributed by atoms with Gasteiger partial charge in [0.2, 0.25) is 0 Å².